The van der Waals surface area contributed by atoms with E-state index >= 15 is 0 Å². The van der Waals surface area contributed by atoms with Crippen LogP contribution < -0.4 is 11.1 Å². The van der Waals surface area contributed by atoms with Gasteiger partial charge in [0, 0.05) is 5.69 Å². The third kappa shape index (κ3) is 2.67. The summed E-state index contributed by atoms with van der Waals surface area (Å²) in [7, 11) is 0. The number of benzene rings is 1. The van der Waals surface area contributed by atoms with Gasteiger partial charge in [0.2, 0.25) is 5.91 Å². The molecule has 1 aromatic rings. The van der Waals surface area contributed by atoms with Gasteiger partial charge in [0.25, 0.3) is 0 Å². The maximum Gasteiger partial charge on any atom is 0.244 e. The van der Waals surface area contributed by atoms with Gasteiger partial charge in [-0.05, 0) is 37.1 Å². The lowest BCUT2D eigenvalue weighted by Gasteiger charge is -2.09. The number of hydrogen-bond donors (Lipinski definition) is 2. The number of rotatable bonds is 2. The lowest BCUT2D eigenvalue weighted by Crippen LogP contribution is -2.37. The number of carbonyl (C=O) groups excluding carboxylic acids is 1. The van der Waals surface area contributed by atoms with Crippen LogP contribution in [0, 0.1) is 5.82 Å². The Kier molecular flexibility index (Phi) is 3.31. The molecule has 0 saturated heterocycles. The van der Waals surface area contributed by atoms with E-state index in [1.807, 2.05) is 0 Å². The topological polar surface area (TPSA) is 55.1 Å². The Balaban J connectivity index is 0.00000112. The van der Waals surface area contributed by atoms with Crippen LogP contribution in [0.5, 0.6) is 0 Å². The quantitative estimate of drug-likeness (QED) is 0.812. The molecule has 0 bridgehead atoms. The van der Waals surface area contributed by atoms with Crippen LogP contribution in [-0.4, -0.2) is 11.4 Å². The molecule has 1 fully saturated rings. The van der Waals surface area contributed by atoms with E-state index in [0.717, 1.165) is 12.8 Å². The van der Waals surface area contributed by atoms with Crippen molar-refractivity contribution in [2.45, 2.75) is 18.4 Å². The fraction of sp³-hybridized carbons (Fsp3) is 0.300. The first-order valence-corrected chi connectivity index (χ1v) is 4.46. The molecular formula is C10H12ClFN2O. The smallest absolute Gasteiger partial charge is 0.244 e. The van der Waals surface area contributed by atoms with Crippen LogP contribution in [0.2, 0.25) is 0 Å². The molecule has 1 amide bonds. The van der Waals surface area contributed by atoms with Crippen molar-refractivity contribution in [3.05, 3.63) is 30.1 Å². The fourth-order valence-electron chi connectivity index (χ4n) is 1.15. The molecular weight excluding hydrogens is 219 g/mol. The Bertz CT molecular complexity index is 362. The molecule has 0 heterocycles. The van der Waals surface area contributed by atoms with Crippen LogP contribution in [-0.2, 0) is 4.79 Å². The van der Waals surface area contributed by atoms with E-state index in [-0.39, 0.29) is 24.1 Å². The number of anilines is 1. The molecule has 1 aliphatic carbocycles. The van der Waals surface area contributed by atoms with Gasteiger partial charge in [0.1, 0.15) is 5.82 Å². The number of hydrogen-bond acceptors (Lipinski definition) is 2. The molecule has 1 aromatic carbocycles. The first kappa shape index (κ1) is 11.9. The van der Waals surface area contributed by atoms with Crippen molar-refractivity contribution in [1.29, 1.82) is 0 Å². The van der Waals surface area contributed by atoms with E-state index in [1.54, 1.807) is 0 Å². The molecule has 3 nitrogen and oxygen atoms in total. The normalized spacial score (nSPS) is 16.4. The van der Waals surface area contributed by atoms with Crippen molar-refractivity contribution >= 4 is 24.0 Å². The summed E-state index contributed by atoms with van der Waals surface area (Å²) in [4.78, 5) is 11.5. The third-order valence-electron chi connectivity index (χ3n) is 2.34. The second-order valence-corrected chi connectivity index (χ2v) is 3.62. The van der Waals surface area contributed by atoms with Crippen LogP contribution in [0.3, 0.4) is 0 Å². The molecule has 0 aliphatic heterocycles. The zero-order valence-electron chi connectivity index (χ0n) is 8.00. The van der Waals surface area contributed by atoms with Crippen molar-refractivity contribution in [3.63, 3.8) is 0 Å². The molecule has 0 unspecified atom stereocenters. The first-order chi connectivity index (χ1) is 6.60. The van der Waals surface area contributed by atoms with E-state index < -0.39 is 5.54 Å². The molecule has 0 radical (unpaired) electrons. The SMILES string of the molecule is Cl.NC1(C(=O)Nc2ccc(F)cc2)CC1. The maximum atomic E-state index is 12.5. The number of amides is 1. The van der Waals surface area contributed by atoms with E-state index in [4.69, 9.17) is 5.73 Å². The molecule has 3 N–H and O–H groups in total. The molecule has 0 atom stereocenters. The van der Waals surface area contributed by atoms with Gasteiger partial charge in [-0.25, -0.2) is 4.39 Å². The Labute approximate surface area is 93.3 Å². The van der Waals surface area contributed by atoms with Crippen molar-refractivity contribution in [2.24, 2.45) is 5.73 Å². The summed E-state index contributed by atoms with van der Waals surface area (Å²) in [6.07, 6.45) is 1.44. The van der Waals surface area contributed by atoms with Gasteiger partial charge in [0.05, 0.1) is 5.54 Å². The van der Waals surface area contributed by atoms with Crippen molar-refractivity contribution in [1.82, 2.24) is 0 Å². The summed E-state index contributed by atoms with van der Waals surface area (Å²) in [6, 6.07) is 5.62. The minimum Gasteiger partial charge on any atom is -0.324 e. The predicted molar refractivity (Wildman–Crippen MR) is 58.4 cm³/mol. The molecule has 0 aromatic heterocycles. The number of halogens is 2. The second kappa shape index (κ2) is 4.16. The largest absolute Gasteiger partial charge is 0.324 e. The van der Waals surface area contributed by atoms with E-state index in [0.29, 0.717) is 5.69 Å². The lowest BCUT2D eigenvalue weighted by atomic mass is 10.2. The molecule has 0 spiro atoms. The minimum atomic E-state index is -0.686. The lowest BCUT2D eigenvalue weighted by molar-refractivity contribution is -0.118. The summed E-state index contributed by atoms with van der Waals surface area (Å²) in [5.41, 5.74) is 5.57. The van der Waals surface area contributed by atoms with Gasteiger partial charge >= 0.3 is 0 Å². The highest BCUT2D eigenvalue weighted by molar-refractivity contribution is 5.99. The summed E-state index contributed by atoms with van der Waals surface area (Å²) in [5.74, 6) is -0.513. The van der Waals surface area contributed by atoms with Gasteiger partial charge < -0.3 is 11.1 Å². The van der Waals surface area contributed by atoms with Gasteiger partial charge in [-0.3, -0.25) is 4.79 Å². The standard InChI is InChI=1S/C10H11FN2O.ClH/c11-7-1-3-8(4-2-7)13-9(14)10(12)5-6-10;/h1-4H,5-6,12H2,(H,13,14);1H. The summed E-state index contributed by atoms with van der Waals surface area (Å²) >= 11 is 0. The van der Waals surface area contributed by atoms with Crippen LogP contribution >= 0.6 is 12.4 Å². The number of nitrogens with one attached hydrogen (secondary N) is 1. The Morgan fingerprint density at radius 1 is 1.33 bits per heavy atom. The Morgan fingerprint density at radius 2 is 1.87 bits per heavy atom. The Morgan fingerprint density at radius 3 is 2.33 bits per heavy atom. The highest BCUT2D eigenvalue weighted by Crippen LogP contribution is 2.33. The molecule has 2 rings (SSSR count). The van der Waals surface area contributed by atoms with E-state index in [1.165, 1.54) is 24.3 Å². The van der Waals surface area contributed by atoms with Gasteiger partial charge in [0.15, 0.2) is 0 Å². The van der Waals surface area contributed by atoms with Gasteiger partial charge in [-0.1, -0.05) is 0 Å². The monoisotopic (exact) mass is 230 g/mol. The third-order valence-corrected chi connectivity index (χ3v) is 2.34. The maximum absolute atomic E-state index is 12.5. The minimum absolute atomic E-state index is 0. The highest BCUT2D eigenvalue weighted by atomic mass is 35.5. The fourth-order valence-corrected chi connectivity index (χ4v) is 1.15. The van der Waals surface area contributed by atoms with Crippen molar-refractivity contribution in [2.75, 3.05) is 5.32 Å². The average Bonchev–Trinajstić information content (AvgIpc) is 2.89. The van der Waals surface area contributed by atoms with Crippen LogP contribution in [0.1, 0.15) is 12.8 Å². The zero-order valence-corrected chi connectivity index (χ0v) is 8.81. The molecule has 15 heavy (non-hydrogen) atoms. The Hall–Kier alpha value is -1.13. The molecule has 82 valence electrons. The number of nitrogens with two attached hydrogens (primary N) is 1. The van der Waals surface area contributed by atoms with E-state index in [9.17, 15) is 9.18 Å². The van der Waals surface area contributed by atoms with Gasteiger partial charge in [-0.2, -0.15) is 0 Å². The van der Waals surface area contributed by atoms with Crippen LogP contribution in [0.4, 0.5) is 10.1 Å². The van der Waals surface area contributed by atoms with Crippen LogP contribution in [0.15, 0.2) is 24.3 Å². The molecule has 5 heteroatoms. The zero-order chi connectivity index (χ0) is 10.2. The molecule has 1 saturated carbocycles. The van der Waals surface area contributed by atoms with Crippen LogP contribution in [0.25, 0.3) is 0 Å². The summed E-state index contributed by atoms with van der Waals surface area (Å²) < 4.78 is 12.5. The average molecular weight is 231 g/mol. The second-order valence-electron chi connectivity index (χ2n) is 3.62. The van der Waals surface area contributed by atoms with E-state index in [2.05, 4.69) is 5.32 Å². The summed E-state index contributed by atoms with van der Waals surface area (Å²) in [6.45, 7) is 0. The molecule has 1 aliphatic rings. The predicted octanol–water partition coefficient (Wildman–Crippen LogP) is 1.68. The number of carbonyl (C=O) groups is 1. The van der Waals surface area contributed by atoms with Crippen molar-refractivity contribution in [3.8, 4) is 0 Å². The van der Waals surface area contributed by atoms with Crippen molar-refractivity contribution < 1.29 is 9.18 Å². The van der Waals surface area contributed by atoms with Gasteiger partial charge in [-0.15, -0.1) is 12.4 Å². The first-order valence-electron chi connectivity index (χ1n) is 4.46. The highest BCUT2D eigenvalue weighted by Gasteiger charge is 2.45. The summed E-state index contributed by atoms with van der Waals surface area (Å²) in [5, 5.41) is 2.64.